The van der Waals surface area contributed by atoms with Crippen LogP contribution in [0.4, 0.5) is 4.39 Å². The standard InChI is InChI=1S/C19H31FN4O2Si/c1-13-19(16-8-9-23(5)22-16)10-15(19)17(25)24(21-13)11-14(20)12-26-27(6,7)18(2,3)4/h8-9,14-15H,10-12H2,1-7H3. The van der Waals surface area contributed by atoms with E-state index >= 15 is 0 Å². The highest BCUT2D eigenvalue weighted by atomic mass is 28.4. The van der Waals surface area contributed by atoms with Crippen molar-refractivity contribution in [3.63, 3.8) is 0 Å². The number of aromatic nitrogens is 2. The molecular formula is C19H31FN4O2Si. The number of rotatable bonds is 6. The first kappa shape index (κ1) is 20.2. The van der Waals surface area contributed by atoms with E-state index in [0.29, 0.717) is 6.42 Å². The average molecular weight is 395 g/mol. The maximum atomic E-state index is 14.6. The molecule has 6 nitrogen and oxygen atoms in total. The molecule has 0 aromatic carbocycles. The Morgan fingerprint density at radius 1 is 1.44 bits per heavy atom. The molecule has 2 heterocycles. The van der Waals surface area contributed by atoms with Gasteiger partial charge in [-0.25, -0.2) is 9.40 Å². The van der Waals surface area contributed by atoms with Crippen molar-refractivity contribution in [1.29, 1.82) is 0 Å². The van der Waals surface area contributed by atoms with Gasteiger partial charge < -0.3 is 4.43 Å². The number of halogens is 1. The summed E-state index contributed by atoms with van der Waals surface area (Å²) in [6.45, 7) is 12.4. The van der Waals surface area contributed by atoms with Crippen LogP contribution >= 0.6 is 0 Å². The van der Waals surface area contributed by atoms with Crippen LogP contribution in [0.25, 0.3) is 0 Å². The minimum Gasteiger partial charge on any atom is -0.414 e. The van der Waals surface area contributed by atoms with Crippen LogP contribution in [0.3, 0.4) is 0 Å². The van der Waals surface area contributed by atoms with Gasteiger partial charge in [-0.3, -0.25) is 9.48 Å². The van der Waals surface area contributed by atoms with E-state index < -0.39 is 19.9 Å². The molecule has 1 aliphatic carbocycles. The van der Waals surface area contributed by atoms with Gasteiger partial charge in [-0.15, -0.1) is 0 Å². The highest BCUT2D eigenvalue weighted by molar-refractivity contribution is 6.74. The molecule has 1 aliphatic heterocycles. The van der Waals surface area contributed by atoms with Crippen LogP contribution in [0.1, 0.15) is 39.8 Å². The molecule has 3 rings (SSSR count). The van der Waals surface area contributed by atoms with Gasteiger partial charge in [-0.2, -0.15) is 10.2 Å². The Kier molecular flexibility index (Phi) is 4.87. The maximum absolute atomic E-state index is 14.6. The first-order valence-corrected chi connectivity index (χ1v) is 12.4. The summed E-state index contributed by atoms with van der Waals surface area (Å²) in [5, 5.41) is 10.2. The Morgan fingerprint density at radius 3 is 2.67 bits per heavy atom. The monoisotopic (exact) mass is 394 g/mol. The van der Waals surface area contributed by atoms with E-state index in [1.807, 2.05) is 26.2 Å². The molecular weight excluding hydrogens is 363 g/mol. The molecule has 0 N–H and O–H groups in total. The van der Waals surface area contributed by atoms with Crippen molar-refractivity contribution in [2.45, 2.75) is 63.8 Å². The molecule has 27 heavy (non-hydrogen) atoms. The van der Waals surface area contributed by atoms with Crippen LogP contribution in [-0.4, -0.2) is 54.0 Å². The lowest BCUT2D eigenvalue weighted by molar-refractivity contribution is -0.134. The minimum atomic E-state index is -2.01. The lowest BCUT2D eigenvalue weighted by Gasteiger charge is -2.36. The number of fused-ring (bicyclic) bond motifs is 1. The normalized spacial score (nSPS) is 26.7. The summed E-state index contributed by atoms with van der Waals surface area (Å²) in [4.78, 5) is 12.8. The topological polar surface area (TPSA) is 59.7 Å². The Hall–Kier alpha value is -1.54. The van der Waals surface area contributed by atoms with Gasteiger partial charge in [-0.05, 0) is 37.5 Å². The number of hydrogen-bond acceptors (Lipinski definition) is 4. The Balaban J connectivity index is 1.66. The molecule has 1 amide bonds. The first-order chi connectivity index (χ1) is 12.4. The molecule has 8 heteroatoms. The van der Waals surface area contributed by atoms with E-state index in [1.54, 1.807) is 4.68 Å². The molecule has 0 saturated heterocycles. The number of carbonyl (C=O) groups excluding carboxylic acids is 1. The number of alkyl halides is 1. The van der Waals surface area contributed by atoms with Crippen LogP contribution in [0.15, 0.2) is 17.4 Å². The third-order valence-corrected chi connectivity index (χ3v) is 10.9. The summed E-state index contributed by atoms with van der Waals surface area (Å²) < 4.78 is 22.3. The molecule has 0 bridgehead atoms. The second-order valence-corrected chi connectivity index (χ2v) is 14.2. The fourth-order valence-corrected chi connectivity index (χ4v) is 4.50. The molecule has 1 aromatic heterocycles. The lowest BCUT2D eigenvalue weighted by atomic mass is 9.92. The van der Waals surface area contributed by atoms with Gasteiger partial charge >= 0.3 is 0 Å². The third kappa shape index (κ3) is 3.49. The van der Waals surface area contributed by atoms with Crippen molar-refractivity contribution in [2.75, 3.05) is 13.2 Å². The van der Waals surface area contributed by atoms with Crippen molar-refractivity contribution < 1.29 is 13.6 Å². The van der Waals surface area contributed by atoms with Crippen molar-refractivity contribution >= 4 is 19.9 Å². The highest BCUT2D eigenvalue weighted by Crippen LogP contribution is 2.57. The smallest absolute Gasteiger partial charge is 0.247 e. The predicted octanol–water partition coefficient (Wildman–Crippen LogP) is 3.26. The average Bonchev–Trinajstić information content (AvgIpc) is 3.18. The van der Waals surface area contributed by atoms with Crippen LogP contribution in [0, 0.1) is 5.92 Å². The van der Waals surface area contributed by atoms with E-state index in [1.165, 1.54) is 5.01 Å². The molecule has 0 radical (unpaired) electrons. The second kappa shape index (κ2) is 6.51. The number of hydrogen-bond donors (Lipinski definition) is 0. The Morgan fingerprint density at radius 2 is 2.11 bits per heavy atom. The van der Waals surface area contributed by atoms with Gasteiger partial charge in [-0.1, -0.05) is 20.8 Å². The fraction of sp³-hybridized carbons (Fsp3) is 0.737. The second-order valence-electron chi connectivity index (χ2n) is 9.38. The Bertz CT molecular complexity index is 770. The molecule has 1 saturated carbocycles. The molecule has 1 fully saturated rings. The van der Waals surface area contributed by atoms with Gasteiger partial charge in [0.05, 0.1) is 30.2 Å². The van der Waals surface area contributed by atoms with E-state index in [2.05, 4.69) is 44.1 Å². The fourth-order valence-electron chi connectivity index (χ4n) is 3.47. The van der Waals surface area contributed by atoms with E-state index in [0.717, 1.165) is 11.4 Å². The van der Waals surface area contributed by atoms with Gasteiger partial charge in [0.1, 0.15) is 6.17 Å². The SMILES string of the molecule is CC1=NN(CC(F)CO[Si](C)(C)C(C)(C)C)C(=O)C2CC12c1ccn(C)n1. The first-order valence-electron chi connectivity index (χ1n) is 9.54. The third-order valence-electron chi connectivity index (χ3n) is 6.40. The zero-order chi connectivity index (χ0) is 20.2. The van der Waals surface area contributed by atoms with Gasteiger partial charge in [0.2, 0.25) is 5.91 Å². The van der Waals surface area contributed by atoms with E-state index in [4.69, 9.17) is 4.43 Å². The molecule has 1 aromatic rings. The largest absolute Gasteiger partial charge is 0.414 e. The summed E-state index contributed by atoms with van der Waals surface area (Å²) in [5.41, 5.74) is 1.32. The summed E-state index contributed by atoms with van der Waals surface area (Å²) in [7, 11) is -0.155. The number of aryl methyl sites for hydroxylation is 1. The van der Waals surface area contributed by atoms with Crippen molar-refractivity contribution in [3.8, 4) is 0 Å². The zero-order valence-electron chi connectivity index (χ0n) is 17.4. The number of hydrazone groups is 1. The Labute approximate surface area is 161 Å². The molecule has 150 valence electrons. The zero-order valence-corrected chi connectivity index (χ0v) is 18.4. The summed E-state index contributed by atoms with van der Waals surface area (Å²) in [5.74, 6) is -0.292. The van der Waals surface area contributed by atoms with E-state index in [9.17, 15) is 9.18 Å². The van der Waals surface area contributed by atoms with Crippen LogP contribution < -0.4 is 0 Å². The number of nitrogens with zero attached hydrogens (tertiary/aromatic N) is 4. The predicted molar refractivity (Wildman–Crippen MR) is 106 cm³/mol. The molecule has 3 unspecified atom stereocenters. The van der Waals surface area contributed by atoms with Crippen molar-refractivity contribution in [3.05, 3.63) is 18.0 Å². The summed E-state index contributed by atoms with van der Waals surface area (Å²) >= 11 is 0. The van der Waals surface area contributed by atoms with Gasteiger partial charge in [0.15, 0.2) is 8.32 Å². The van der Waals surface area contributed by atoms with Crippen molar-refractivity contribution in [1.82, 2.24) is 14.8 Å². The highest BCUT2D eigenvalue weighted by Gasteiger charge is 2.66. The quantitative estimate of drug-likeness (QED) is 0.696. The van der Waals surface area contributed by atoms with Gasteiger partial charge in [0.25, 0.3) is 0 Å². The minimum absolute atomic E-state index is 0.00485. The number of amides is 1. The summed E-state index contributed by atoms with van der Waals surface area (Å²) in [6, 6.07) is 1.94. The number of carbonyl (C=O) groups is 1. The summed E-state index contributed by atoms with van der Waals surface area (Å²) in [6.07, 6.45) is 1.33. The van der Waals surface area contributed by atoms with Crippen LogP contribution in [-0.2, 0) is 21.7 Å². The lowest BCUT2D eigenvalue weighted by Crippen LogP contribution is -2.45. The van der Waals surface area contributed by atoms with E-state index in [-0.39, 0.29) is 30.0 Å². The molecule has 2 aliphatic rings. The molecule has 0 spiro atoms. The van der Waals surface area contributed by atoms with Crippen LogP contribution in [0.2, 0.25) is 18.1 Å². The van der Waals surface area contributed by atoms with Crippen molar-refractivity contribution in [2.24, 2.45) is 18.1 Å². The van der Waals surface area contributed by atoms with Gasteiger partial charge in [0, 0.05) is 19.0 Å². The maximum Gasteiger partial charge on any atom is 0.247 e. The molecule has 3 atom stereocenters. The van der Waals surface area contributed by atoms with Crippen LogP contribution in [0.5, 0.6) is 0 Å².